The van der Waals surface area contributed by atoms with E-state index in [0.717, 1.165) is 23.1 Å². The van der Waals surface area contributed by atoms with Crippen LogP contribution in [0.4, 0.5) is 0 Å². The van der Waals surface area contributed by atoms with Gasteiger partial charge >= 0.3 is 0 Å². The lowest BCUT2D eigenvalue weighted by atomic mass is 9.77. The van der Waals surface area contributed by atoms with Gasteiger partial charge in [-0.05, 0) is 106 Å². The quantitative estimate of drug-likeness (QED) is 0.210. The van der Waals surface area contributed by atoms with E-state index in [-0.39, 0.29) is 16.0 Å². The second-order valence-corrected chi connectivity index (χ2v) is 28.2. The van der Waals surface area contributed by atoms with Crippen LogP contribution in [-0.2, 0) is 18.9 Å². The molecular formula is C39H55NO4SSi2. The molecule has 254 valence electrons. The molecule has 0 spiro atoms. The maximum absolute atomic E-state index is 14.1. The van der Waals surface area contributed by atoms with Gasteiger partial charge < -0.3 is 8.85 Å². The first-order chi connectivity index (χ1) is 21.7. The van der Waals surface area contributed by atoms with E-state index in [1.54, 1.807) is 16.4 Å². The summed E-state index contributed by atoms with van der Waals surface area (Å²) in [6, 6.07) is 22.3. The molecule has 3 aromatic rings. The van der Waals surface area contributed by atoms with Crippen molar-refractivity contribution in [3.05, 3.63) is 94.6 Å². The summed E-state index contributed by atoms with van der Waals surface area (Å²) in [6.45, 7) is 26.7. The van der Waals surface area contributed by atoms with Gasteiger partial charge in [-0.1, -0.05) is 102 Å². The molecule has 8 heteroatoms. The van der Waals surface area contributed by atoms with Crippen LogP contribution < -0.4 is 0 Å². The smallest absolute Gasteiger partial charge is 0.243 e. The largest absolute Gasteiger partial charge is 0.413 e. The summed E-state index contributed by atoms with van der Waals surface area (Å²) in [7, 11) is -7.86. The first kappa shape index (κ1) is 36.0. The first-order valence-electron chi connectivity index (χ1n) is 17.0. The molecule has 5 rings (SSSR count). The van der Waals surface area contributed by atoms with Crippen LogP contribution in [0.5, 0.6) is 0 Å². The molecule has 1 aliphatic heterocycles. The van der Waals surface area contributed by atoms with E-state index < -0.39 is 26.7 Å². The van der Waals surface area contributed by atoms with Crippen molar-refractivity contribution in [1.82, 2.24) is 4.31 Å². The number of sulfonamides is 1. The minimum absolute atomic E-state index is 0.0571. The van der Waals surface area contributed by atoms with Crippen LogP contribution in [0.1, 0.15) is 59.1 Å². The molecule has 0 aromatic heterocycles. The highest BCUT2D eigenvalue weighted by molar-refractivity contribution is 7.89. The van der Waals surface area contributed by atoms with Crippen molar-refractivity contribution in [3.63, 3.8) is 0 Å². The van der Waals surface area contributed by atoms with Crippen molar-refractivity contribution >= 4 is 43.0 Å². The van der Waals surface area contributed by atoms with Crippen molar-refractivity contribution in [1.29, 1.82) is 0 Å². The van der Waals surface area contributed by atoms with Gasteiger partial charge in [0.25, 0.3) is 0 Å². The Morgan fingerprint density at radius 1 is 0.787 bits per heavy atom. The molecule has 0 bridgehead atoms. The normalized spacial score (nSPS) is 18.7. The standard InChI is InChI=1S/C39H55NO4SSi2/c1-28-19-21-32(22-20-28)45(41,42)40-24-30-23-31(26-43-46(8,9)38(2,3)4)36(27-44-47(10,11)39(5,6)7)37(35(30)25-40)34-18-14-16-29-15-12-13-17-33(29)34/h12-22,30H,23-27H2,1-11H3. The molecule has 1 aliphatic carbocycles. The lowest BCUT2D eigenvalue weighted by Crippen LogP contribution is -2.42. The molecule has 5 nitrogen and oxygen atoms in total. The van der Waals surface area contributed by atoms with Crippen molar-refractivity contribution in [2.24, 2.45) is 5.92 Å². The van der Waals surface area contributed by atoms with Crippen LogP contribution in [0, 0.1) is 12.8 Å². The Hall–Kier alpha value is -2.34. The summed E-state index contributed by atoms with van der Waals surface area (Å²) in [4.78, 5) is 0.352. The summed E-state index contributed by atoms with van der Waals surface area (Å²) >= 11 is 0. The second-order valence-electron chi connectivity index (χ2n) is 16.6. The van der Waals surface area contributed by atoms with Crippen molar-refractivity contribution in [3.8, 4) is 0 Å². The van der Waals surface area contributed by atoms with Crippen LogP contribution in [0.3, 0.4) is 0 Å². The van der Waals surface area contributed by atoms with Crippen LogP contribution >= 0.6 is 0 Å². The van der Waals surface area contributed by atoms with Gasteiger partial charge in [0.05, 0.1) is 18.1 Å². The number of nitrogens with zero attached hydrogens (tertiary/aromatic N) is 1. The molecule has 0 radical (unpaired) electrons. The third-order valence-electron chi connectivity index (χ3n) is 11.3. The maximum Gasteiger partial charge on any atom is 0.243 e. The fourth-order valence-corrected chi connectivity index (χ4v) is 9.47. The molecule has 1 heterocycles. The van der Waals surface area contributed by atoms with E-state index in [4.69, 9.17) is 8.85 Å². The van der Waals surface area contributed by atoms with Gasteiger partial charge in [0.1, 0.15) is 0 Å². The van der Waals surface area contributed by atoms with Gasteiger partial charge in [0.15, 0.2) is 16.6 Å². The van der Waals surface area contributed by atoms with E-state index in [1.807, 2.05) is 19.1 Å². The Morgan fingerprint density at radius 3 is 1.98 bits per heavy atom. The Balaban J connectivity index is 1.69. The zero-order chi connectivity index (χ0) is 34.6. The minimum Gasteiger partial charge on any atom is -0.413 e. The molecular weight excluding hydrogens is 635 g/mol. The van der Waals surface area contributed by atoms with Gasteiger partial charge in [-0.3, -0.25) is 0 Å². The predicted molar refractivity (Wildman–Crippen MR) is 202 cm³/mol. The zero-order valence-corrected chi connectivity index (χ0v) is 33.3. The van der Waals surface area contributed by atoms with Crippen LogP contribution in [-0.4, -0.2) is 55.7 Å². The van der Waals surface area contributed by atoms with E-state index in [1.165, 1.54) is 27.5 Å². The molecule has 0 amide bonds. The Bertz CT molecular complexity index is 1800. The fourth-order valence-electron chi connectivity index (χ4n) is 6.10. The SMILES string of the molecule is Cc1ccc(S(=O)(=O)N2CC3=C(c4cccc5ccccc45)C(CO[Si](C)(C)C(C)(C)C)=C(CO[Si](C)(C)C(C)(C)C)CC3C2)cc1. The van der Waals surface area contributed by atoms with Crippen LogP contribution in [0.25, 0.3) is 16.3 Å². The van der Waals surface area contributed by atoms with Crippen molar-refractivity contribution in [2.45, 2.75) is 96.0 Å². The van der Waals surface area contributed by atoms with E-state index in [0.29, 0.717) is 31.2 Å². The van der Waals surface area contributed by atoms with Crippen molar-refractivity contribution in [2.75, 3.05) is 26.3 Å². The molecule has 3 aromatic carbocycles. The predicted octanol–water partition coefficient (Wildman–Crippen LogP) is 9.97. The molecule has 1 atom stereocenters. The van der Waals surface area contributed by atoms with Gasteiger partial charge in [0.2, 0.25) is 10.0 Å². The number of benzene rings is 3. The highest BCUT2D eigenvalue weighted by atomic mass is 32.2. The number of fused-ring (bicyclic) bond motifs is 2. The van der Waals surface area contributed by atoms with E-state index >= 15 is 0 Å². The van der Waals surface area contributed by atoms with Gasteiger partial charge in [0, 0.05) is 13.1 Å². The average molecular weight is 690 g/mol. The monoisotopic (exact) mass is 689 g/mol. The average Bonchev–Trinajstić information content (AvgIpc) is 3.42. The summed E-state index contributed by atoms with van der Waals surface area (Å²) in [5, 5.41) is 2.48. The zero-order valence-electron chi connectivity index (χ0n) is 30.5. The summed E-state index contributed by atoms with van der Waals surface area (Å²) in [5.74, 6) is 0.0684. The number of hydrogen-bond donors (Lipinski definition) is 0. The molecule has 1 unspecified atom stereocenters. The highest BCUT2D eigenvalue weighted by Crippen LogP contribution is 2.48. The Labute approximate surface area is 286 Å². The number of aryl methyl sites for hydroxylation is 1. The summed E-state index contributed by atoms with van der Waals surface area (Å²) in [6.07, 6.45) is 0.772. The maximum atomic E-state index is 14.1. The lowest BCUT2D eigenvalue weighted by molar-refractivity contribution is 0.297. The highest BCUT2D eigenvalue weighted by Gasteiger charge is 2.44. The Kier molecular flexibility index (Phi) is 9.83. The molecule has 2 aliphatic rings. The molecule has 47 heavy (non-hydrogen) atoms. The third-order valence-corrected chi connectivity index (χ3v) is 22.1. The second kappa shape index (κ2) is 12.8. The van der Waals surface area contributed by atoms with Gasteiger partial charge in [-0.15, -0.1) is 0 Å². The first-order valence-corrected chi connectivity index (χ1v) is 24.3. The van der Waals surface area contributed by atoms with E-state index in [2.05, 4.69) is 110 Å². The third kappa shape index (κ3) is 7.19. The van der Waals surface area contributed by atoms with Crippen molar-refractivity contribution < 1.29 is 17.3 Å². The molecule has 1 fully saturated rings. The van der Waals surface area contributed by atoms with Gasteiger partial charge in [-0.2, -0.15) is 4.31 Å². The molecule has 0 N–H and O–H groups in total. The molecule has 0 saturated carbocycles. The summed E-state index contributed by atoms with van der Waals surface area (Å²) < 4.78 is 43.9. The van der Waals surface area contributed by atoms with Crippen LogP contribution in [0.2, 0.25) is 36.3 Å². The Morgan fingerprint density at radius 2 is 1.36 bits per heavy atom. The number of hydrogen-bond acceptors (Lipinski definition) is 4. The lowest BCUT2D eigenvalue weighted by Gasteiger charge is -2.39. The van der Waals surface area contributed by atoms with Gasteiger partial charge in [-0.25, -0.2) is 8.42 Å². The fraction of sp³-hybridized carbons (Fsp3) is 0.487. The van der Waals surface area contributed by atoms with E-state index in [9.17, 15) is 8.42 Å². The summed E-state index contributed by atoms with van der Waals surface area (Å²) in [5.41, 5.74) is 6.98. The minimum atomic E-state index is -3.67. The molecule has 1 saturated heterocycles. The topological polar surface area (TPSA) is 55.8 Å². The number of rotatable bonds is 9. The van der Waals surface area contributed by atoms with Crippen LogP contribution in [0.15, 0.2) is 88.3 Å².